The van der Waals surface area contributed by atoms with Crippen molar-refractivity contribution in [3.8, 4) is 0 Å². The third-order valence-corrected chi connectivity index (χ3v) is 4.00. The molecule has 0 heterocycles. The zero-order valence-corrected chi connectivity index (χ0v) is 12.1. The van der Waals surface area contributed by atoms with Crippen LogP contribution in [0.25, 0.3) is 0 Å². The summed E-state index contributed by atoms with van der Waals surface area (Å²) >= 11 is 1.25. The lowest BCUT2D eigenvalue weighted by Gasteiger charge is -2.06. The third-order valence-electron chi connectivity index (χ3n) is 2.93. The van der Waals surface area contributed by atoms with Crippen LogP contribution < -0.4 is 5.73 Å². The number of aryl methyl sites for hydroxylation is 1. The van der Waals surface area contributed by atoms with Gasteiger partial charge in [-0.25, -0.2) is 4.39 Å². The van der Waals surface area contributed by atoms with Crippen LogP contribution in [-0.4, -0.2) is 11.5 Å². The summed E-state index contributed by atoms with van der Waals surface area (Å²) < 4.78 is 12.9. The second-order valence-corrected chi connectivity index (χ2v) is 5.62. The molecule has 4 nitrogen and oxygen atoms in total. The molecule has 0 amide bonds. The Bertz CT molecular complexity index is 632. The highest BCUT2D eigenvalue weighted by Crippen LogP contribution is 2.35. The van der Waals surface area contributed by atoms with E-state index < -0.39 is 4.92 Å². The summed E-state index contributed by atoms with van der Waals surface area (Å²) in [6.45, 7) is 0.555. The normalized spacial score (nSPS) is 10.6. The van der Waals surface area contributed by atoms with Crippen molar-refractivity contribution < 1.29 is 9.31 Å². The average molecular weight is 306 g/mol. The maximum absolute atomic E-state index is 12.9. The smallest absolute Gasteiger partial charge is 0.283 e. The van der Waals surface area contributed by atoms with Crippen LogP contribution in [-0.2, 0) is 6.42 Å². The second kappa shape index (κ2) is 7.19. The molecule has 0 unspecified atom stereocenters. The molecule has 0 fully saturated rings. The predicted molar refractivity (Wildman–Crippen MR) is 81.0 cm³/mol. The molecule has 0 saturated heterocycles. The van der Waals surface area contributed by atoms with Gasteiger partial charge in [0.05, 0.1) is 9.82 Å². The molecular formula is C15H15FN2O2S. The van der Waals surface area contributed by atoms with E-state index in [-0.39, 0.29) is 11.5 Å². The Labute approximate surface area is 126 Å². The largest absolute Gasteiger partial charge is 0.330 e. The fourth-order valence-corrected chi connectivity index (χ4v) is 2.78. The fourth-order valence-electron chi connectivity index (χ4n) is 1.88. The molecule has 0 bridgehead atoms. The van der Waals surface area contributed by atoms with Crippen LogP contribution >= 0.6 is 11.8 Å². The van der Waals surface area contributed by atoms with Crippen LogP contribution in [0, 0.1) is 15.9 Å². The molecule has 0 aliphatic carbocycles. The number of benzene rings is 2. The number of nitrogens with two attached hydrogens (primary N) is 1. The number of rotatable bonds is 6. The van der Waals surface area contributed by atoms with Gasteiger partial charge in [-0.3, -0.25) is 10.1 Å². The second-order valence-electron chi connectivity index (χ2n) is 4.51. The van der Waals surface area contributed by atoms with E-state index in [1.54, 1.807) is 24.3 Å². The van der Waals surface area contributed by atoms with Crippen LogP contribution in [0.5, 0.6) is 0 Å². The van der Waals surface area contributed by atoms with Crippen LogP contribution in [0.3, 0.4) is 0 Å². The van der Waals surface area contributed by atoms with Gasteiger partial charge in [0, 0.05) is 11.0 Å². The standard InChI is InChI=1S/C15H15FN2O2S/c16-12-4-6-13(7-5-12)21-15-8-3-11(2-1-9-17)10-14(15)18(19)20/h3-8,10H,1-2,9,17H2. The summed E-state index contributed by atoms with van der Waals surface area (Å²) in [5, 5.41) is 11.2. The minimum Gasteiger partial charge on any atom is -0.330 e. The Morgan fingerprint density at radius 2 is 1.90 bits per heavy atom. The van der Waals surface area contributed by atoms with E-state index in [0.717, 1.165) is 23.3 Å². The van der Waals surface area contributed by atoms with Gasteiger partial charge < -0.3 is 5.73 Å². The van der Waals surface area contributed by atoms with Gasteiger partial charge in [-0.05, 0) is 55.3 Å². The van der Waals surface area contributed by atoms with Gasteiger partial charge in [-0.1, -0.05) is 17.8 Å². The molecule has 0 saturated carbocycles. The van der Waals surface area contributed by atoms with Gasteiger partial charge in [0.25, 0.3) is 5.69 Å². The molecule has 2 N–H and O–H groups in total. The summed E-state index contributed by atoms with van der Waals surface area (Å²) in [5.41, 5.74) is 6.42. The molecule has 2 aromatic rings. The van der Waals surface area contributed by atoms with Crippen molar-refractivity contribution in [2.45, 2.75) is 22.6 Å². The summed E-state index contributed by atoms with van der Waals surface area (Å²) in [7, 11) is 0. The number of hydrogen-bond acceptors (Lipinski definition) is 4. The third kappa shape index (κ3) is 4.27. The van der Waals surface area contributed by atoms with Crippen molar-refractivity contribution >= 4 is 17.4 Å². The highest BCUT2D eigenvalue weighted by Gasteiger charge is 2.15. The molecular weight excluding hydrogens is 291 g/mol. The lowest BCUT2D eigenvalue weighted by molar-refractivity contribution is -0.387. The Kier molecular flexibility index (Phi) is 5.30. The van der Waals surface area contributed by atoms with E-state index in [9.17, 15) is 14.5 Å². The van der Waals surface area contributed by atoms with E-state index >= 15 is 0 Å². The Hall–Kier alpha value is -1.92. The van der Waals surface area contributed by atoms with E-state index in [4.69, 9.17) is 5.73 Å². The predicted octanol–water partition coefficient (Wildman–Crippen LogP) is 3.78. The van der Waals surface area contributed by atoms with Gasteiger partial charge in [0.2, 0.25) is 0 Å². The van der Waals surface area contributed by atoms with Gasteiger partial charge >= 0.3 is 0 Å². The Balaban J connectivity index is 2.25. The first kappa shape index (κ1) is 15.5. The number of hydrogen-bond donors (Lipinski definition) is 1. The monoisotopic (exact) mass is 306 g/mol. The van der Waals surface area contributed by atoms with Crippen molar-refractivity contribution in [1.29, 1.82) is 0 Å². The van der Waals surface area contributed by atoms with E-state index in [1.807, 2.05) is 6.07 Å². The molecule has 6 heteroatoms. The van der Waals surface area contributed by atoms with Gasteiger partial charge in [0.15, 0.2) is 0 Å². The number of nitrogens with zero attached hydrogens (tertiary/aromatic N) is 1. The van der Waals surface area contributed by atoms with Gasteiger partial charge in [-0.2, -0.15) is 0 Å². The molecule has 0 atom stereocenters. The van der Waals surface area contributed by atoms with Crippen molar-refractivity contribution in [2.24, 2.45) is 5.73 Å². The first-order chi connectivity index (χ1) is 10.1. The van der Waals surface area contributed by atoms with Crippen molar-refractivity contribution in [2.75, 3.05) is 6.54 Å². The van der Waals surface area contributed by atoms with Gasteiger partial charge in [0.1, 0.15) is 5.82 Å². The lowest BCUT2D eigenvalue weighted by Crippen LogP contribution is -2.01. The molecule has 110 valence electrons. The van der Waals surface area contributed by atoms with Crippen molar-refractivity contribution in [3.63, 3.8) is 0 Å². The molecule has 0 radical (unpaired) electrons. The van der Waals surface area contributed by atoms with Crippen LogP contribution in [0.1, 0.15) is 12.0 Å². The quantitative estimate of drug-likeness (QED) is 0.651. The molecule has 2 aromatic carbocycles. The fraction of sp³-hybridized carbons (Fsp3) is 0.200. The minimum absolute atomic E-state index is 0.0684. The molecule has 2 rings (SSSR count). The Morgan fingerprint density at radius 1 is 1.19 bits per heavy atom. The zero-order chi connectivity index (χ0) is 15.2. The number of nitro groups is 1. The highest BCUT2D eigenvalue weighted by atomic mass is 32.2. The highest BCUT2D eigenvalue weighted by molar-refractivity contribution is 7.99. The summed E-state index contributed by atoms with van der Waals surface area (Å²) in [5.74, 6) is -0.328. The van der Waals surface area contributed by atoms with Gasteiger partial charge in [-0.15, -0.1) is 0 Å². The molecule has 21 heavy (non-hydrogen) atoms. The molecule has 0 aromatic heterocycles. The molecule has 0 aliphatic heterocycles. The topological polar surface area (TPSA) is 69.2 Å². The summed E-state index contributed by atoms with van der Waals surface area (Å²) in [6.07, 6.45) is 1.51. The number of halogens is 1. The first-order valence-corrected chi connectivity index (χ1v) is 7.32. The Morgan fingerprint density at radius 3 is 2.52 bits per heavy atom. The SMILES string of the molecule is NCCCc1ccc(Sc2ccc(F)cc2)c([N+](=O)[O-])c1. The zero-order valence-electron chi connectivity index (χ0n) is 11.3. The first-order valence-electron chi connectivity index (χ1n) is 6.51. The van der Waals surface area contributed by atoms with E-state index in [1.165, 1.54) is 23.9 Å². The minimum atomic E-state index is -0.391. The average Bonchev–Trinajstić information content (AvgIpc) is 2.48. The van der Waals surface area contributed by atoms with E-state index in [0.29, 0.717) is 11.4 Å². The van der Waals surface area contributed by atoms with Crippen molar-refractivity contribution in [3.05, 3.63) is 64.0 Å². The van der Waals surface area contributed by atoms with E-state index in [2.05, 4.69) is 0 Å². The van der Waals surface area contributed by atoms with Crippen molar-refractivity contribution in [1.82, 2.24) is 0 Å². The maximum atomic E-state index is 12.9. The number of nitro benzene ring substituents is 1. The summed E-state index contributed by atoms with van der Waals surface area (Å²) in [4.78, 5) is 12.1. The van der Waals surface area contributed by atoms with Crippen LogP contribution in [0.15, 0.2) is 52.3 Å². The molecule has 0 spiro atoms. The lowest BCUT2D eigenvalue weighted by atomic mass is 10.1. The van der Waals surface area contributed by atoms with Crippen LogP contribution in [0.4, 0.5) is 10.1 Å². The maximum Gasteiger partial charge on any atom is 0.283 e. The molecule has 0 aliphatic rings. The summed E-state index contributed by atoms with van der Waals surface area (Å²) in [6, 6.07) is 11.1. The van der Waals surface area contributed by atoms with Crippen LogP contribution in [0.2, 0.25) is 0 Å².